The number of hydrogen-bond donors (Lipinski definition) is 0. The number of rotatable bonds is 23. The number of nitriles is 18. The van der Waals surface area contributed by atoms with Gasteiger partial charge in [-0.25, -0.2) is 19.6 Å². The minimum absolute atomic E-state index is 0. The Morgan fingerprint density at radius 1 is 0.295 bits per heavy atom. The van der Waals surface area contributed by atoms with Crippen molar-refractivity contribution < 1.29 is 4.74 Å². The van der Waals surface area contributed by atoms with Gasteiger partial charge in [0.2, 0.25) is 0 Å². The van der Waals surface area contributed by atoms with Gasteiger partial charge in [-0.3, -0.25) is 68.6 Å². The molecule has 6 heterocycles. The monoisotopic (exact) mass is 1430 g/mol. The molecule has 6 aliphatic heterocycles. The predicted octanol–water partition coefficient (Wildman–Crippen LogP) is -0.953. The molecular formula is C68H90N36O. The molecule has 1 unspecified atom stereocenters. The molecule has 6 saturated heterocycles. The zero-order chi connectivity index (χ0) is 77.5. The third-order valence-corrected chi connectivity index (χ3v) is 15.8. The molecule has 0 radical (unpaired) electrons. The lowest BCUT2D eigenvalue weighted by Crippen LogP contribution is -2.62. The van der Waals surface area contributed by atoms with E-state index in [1.807, 2.05) is 110 Å². The minimum Gasteiger partial charge on any atom is -0.350 e. The zero-order valence-electron chi connectivity index (χ0n) is 59.2. The van der Waals surface area contributed by atoms with Gasteiger partial charge in [0.25, 0.3) is 0 Å². The average Bonchev–Trinajstić information content (AvgIpc) is 0.832. The van der Waals surface area contributed by atoms with E-state index >= 15 is 0 Å². The van der Waals surface area contributed by atoms with Crippen LogP contribution in [0.1, 0.15) is 47.5 Å². The first kappa shape index (κ1) is 93.7. The van der Waals surface area contributed by atoms with Crippen molar-refractivity contribution in [3.63, 3.8) is 0 Å². The minimum atomic E-state index is -1.05. The molecule has 0 aliphatic carbocycles. The molecule has 37 nitrogen and oxygen atoms in total. The van der Waals surface area contributed by atoms with Crippen molar-refractivity contribution in [2.24, 2.45) is 0 Å². The van der Waals surface area contributed by atoms with Crippen LogP contribution in [0.2, 0.25) is 0 Å². The first-order valence-electron chi connectivity index (χ1n) is 32.4. The summed E-state index contributed by atoms with van der Waals surface area (Å²) in [4.78, 5) is 34.1. The molecule has 0 aromatic heterocycles. The van der Waals surface area contributed by atoms with E-state index in [1.54, 1.807) is 0 Å². The summed E-state index contributed by atoms with van der Waals surface area (Å²) >= 11 is 0. The van der Waals surface area contributed by atoms with Crippen LogP contribution in [0.25, 0.3) is 0 Å². The Morgan fingerprint density at radius 2 is 0.543 bits per heavy atom. The van der Waals surface area contributed by atoms with Crippen LogP contribution in [-0.2, 0) is 4.74 Å². The second-order valence-corrected chi connectivity index (χ2v) is 23.3. The highest BCUT2D eigenvalue weighted by atomic mass is 16.5. The molecular weight excluding hydrogens is 1340 g/mol. The quantitative estimate of drug-likeness (QED) is 0.0879. The van der Waals surface area contributed by atoms with Crippen LogP contribution < -0.4 is 0 Å². The number of nitrogens with zero attached hydrogens (tertiary/aromatic N) is 36. The number of terminal acetylenes is 3. The van der Waals surface area contributed by atoms with E-state index < -0.39 is 18.1 Å². The Kier molecular flexibility index (Phi) is 51.1. The molecule has 0 amide bonds. The topological polar surface area (TPSA) is 496 Å². The highest BCUT2D eigenvalue weighted by molar-refractivity contribution is 5.16. The maximum Gasteiger partial charge on any atom is 0.188 e. The second-order valence-electron chi connectivity index (χ2n) is 23.3. The van der Waals surface area contributed by atoms with Gasteiger partial charge in [0.1, 0.15) is 0 Å². The van der Waals surface area contributed by atoms with Crippen LogP contribution in [0, 0.1) is 241 Å². The zero-order valence-corrected chi connectivity index (χ0v) is 59.2. The summed E-state index contributed by atoms with van der Waals surface area (Å²) in [7, 11) is 0. The van der Waals surface area contributed by atoms with E-state index in [2.05, 4.69) is 111 Å². The highest BCUT2D eigenvalue weighted by Gasteiger charge is 2.37. The van der Waals surface area contributed by atoms with E-state index in [-0.39, 0.29) is 65.8 Å². The maximum atomic E-state index is 9.03. The molecule has 0 bridgehead atoms. The molecule has 0 N–H and O–H groups in total. The predicted molar refractivity (Wildman–Crippen MR) is 373 cm³/mol. The first-order valence-corrected chi connectivity index (χ1v) is 32.4. The average molecular weight is 1430 g/mol. The maximum absolute atomic E-state index is 9.03. The summed E-state index contributed by atoms with van der Waals surface area (Å²) in [5.74, 6) is 7.51. The smallest absolute Gasteiger partial charge is 0.188 e. The molecule has 0 aromatic rings. The van der Waals surface area contributed by atoms with E-state index in [0.29, 0.717) is 138 Å². The third kappa shape index (κ3) is 35.0. The van der Waals surface area contributed by atoms with E-state index in [9.17, 15) is 0 Å². The van der Waals surface area contributed by atoms with Gasteiger partial charge < -0.3 is 4.74 Å². The Bertz CT molecular complexity index is 3160. The summed E-state index contributed by atoms with van der Waals surface area (Å²) in [5.41, 5.74) is 0. The van der Waals surface area contributed by atoms with Crippen LogP contribution in [0.3, 0.4) is 0 Å². The van der Waals surface area contributed by atoms with Gasteiger partial charge in [0.05, 0.1) is 300 Å². The van der Waals surface area contributed by atoms with Crippen LogP contribution >= 0.6 is 0 Å². The molecule has 0 saturated carbocycles. The van der Waals surface area contributed by atoms with Crippen molar-refractivity contribution in [2.45, 2.75) is 84.3 Å². The van der Waals surface area contributed by atoms with Gasteiger partial charge in [0, 0.05) is 45.5 Å². The van der Waals surface area contributed by atoms with Crippen molar-refractivity contribution in [3.05, 3.63) is 0 Å². The fourth-order valence-corrected chi connectivity index (χ4v) is 11.1. The fraction of sp³-hybridized carbons (Fsp3) is 0.647. The molecule has 0 spiro atoms. The van der Waals surface area contributed by atoms with E-state index in [4.69, 9.17) is 119 Å². The number of ether oxygens (including phenoxy) is 1. The van der Waals surface area contributed by atoms with Crippen molar-refractivity contribution in [2.75, 3.05) is 205 Å². The van der Waals surface area contributed by atoms with Crippen molar-refractivity contribution in [1.29, 1.82) is 94.7 Å². The van der Waals surface area contributed by atoms with Gasteiger partial charge in [-0.15, -0.1) is 25.2 Å². The standard InChI is InChI=1S/C13H10N8.C13H19N5.C11H16N6O.2C10H14N6.C10H13N5.CH4/c1-2-11(3-14)19-8-20(12(4-15)5-16)10-21(9-19)13(6-17)7-18;1-2-3-8-16-11-17(9-4-6-14)13-18(12-16)10-5-7-15;1-2-18-11-16(7-4-13)9-15(6-3-12)10-17(11)8-5-14;2*1-10-15(6-3-12)8-14(5-2-11)9-16(10)7-4-13;1-2-5-13-8-14(6-3-11)10-15(9-13)7-4-12;/h1,11-13H,8-10H2;1H,3-5,8-13H2;11H,2,6-10H2,1H3;2*10H,5-9H2,1H3;1H,5-10H2;1H4. The lowest BCUT2D eigenvalue weighted by Gasteiger charge is -2.45. The summed E-state index contributed by atoms with van der Waals surface area (Å²) in [6, 6.07) is 33.6. The summed E-state index contributed by atoms with van der Waals surface area (Å²) in [5, 5.41) is 158. The highest BCUT2D eigenvalue weighted by Crippen LogP contribution is 2.19. The van der Waals surface area contributed by atoms with Crippen LogP contribution in [0.15, 0.2) is 0 Å². The Hall–Kier alpha value is -11.3. The molecule has 6 aliphatic rings. The van der Waals surface area contributed by atoms with E-state index in [1.165, 1.54) is 14.7 Å². The first-order chi connectivity index (χ1) is 50.4. The third-order valence-electron chi connectivity index (χ3n) is 15.8. The second kappa shape index (κ2) is 57.3. The normalized spacial score (nSPS) is 18.6. The van der Waals surface area contributed by atoms with Gasteiger partial charge in [-0.05, 0) is 20.8 Å². The van der Waals surface area contributed by atoms with Crippen LogP contribution in [0.4, 0.5) is 0 Å². The van der Waals surface area contributed by atoms with Gasteiger partial charge >= 0.3 is 0 Å². The van der Waals surface area contributed by atoms with E-state index in [0.717, 1.165) is 46.1 Å². The molecule has 0 aromatic carbocycles. The van der Waals surface area contributed by atoms with Crippen molar-refractivity contribution in [1.82, 2.24) is 88.2 Å². The lowest BCUT2D eigenvalue weighted by atomic mass is 10.2. The summed E-state index contributed by atoms with van der Waals surface area (Å²) in [6.45, 7) is 20.9. The Balaban J connectivity index is 0.00000124. The Morgan fingerprint density at radius 3 is 0.790 bits per heavy atom. The Labute approximate surface area is 620 Å². The SMILES string of the molecule is C.C#CC(C#N)N1CN(C(C#N)C#N)CN(C(C#N)C#N)C1.C#CCCN1CN(CCC#N)CN(CCC#N)C1.C#CCN1CN(CC#N)CN(CC#N)C1.CC1N(CC#N)CN(CC#N)CN1CC#N.CC1N(CC#N)CN(CC#N)CN1CC#N.CCOC1N(CC#N)CN(CC#N)CN1CC#N. The van der Waals surface area contributed by atoms with Crippen LogP contribution in [0.5, 0.6) is 0 Å². The van der Waals surface area contributed by atoms with Crippen molar-refractivity contribution in [3.8, 4) is 146 Å². The number of hydrogen-bond acceptors (Lipinski definition) is 37. The molecule has 6 fully saturated rings. The van der Waals surface area contributed by atoms with Gasteiger partial charge in [-0.2, -0.15) is 94.7 Å². The van der Waals surface area contributed by atoms with Gasteiger partial charge in [0.15, 0.2) is 24.5 Å². The van der Waals surface area contributed by atoms with Crippen molar-refractivity contribution >= 4 is 0 Å². The van der Waals surface area contributed by atoms with Gasteiger partial charge in [-0.1, -0.05) is 19.3 Å². The summed E-state index contributed by atoms with van der Waals surface area (Å²) in [6.07, 6.45) is 17.4. The molecule has 1 atom stereocenters. The largest absolute Gasteiger partial charge is 0.350 e. The van der Waals surface area contributed by atoms with Crippen LogP contribution in [-0.4, -0.2) is 330 Å². The molecule has 105 heavy (non-hydrogen) atoms. The lowest BCUT2D eigenvalue weighted by molar-refractivity contribution is -0.199. The molecule has 6 rings (SSSR count). The fourth-order valence-electron chi connectivity index (χ4n) is 11.1. The summed E-state index contributed by atoms with van der Waals surface area (Å²) < 4.78 is 5.58. The molecule has 37 heteroatoms. The molecule has 548 valence electrons.